The summed E-state index contributed by atoms with van der Waals surface area (Å²) >= 11 is 0. The van der Waals surface area contributed by atoms with E-state index in [-0.39, 0.29) is 0 Å². The van der Waals surface area contributed by atoms with Gasteiger partial charge in [0.2, 0.25) is 0 Å². The van der Waals surface area contributed by atoms with Crippen molar-refractivity contribution >= 4 is 54.8 Å². The molecule has 54 heavy (non-hydrogen) atoms. The third-order valence-corrected chi connectivity index (χ3v) is 10.2. The lowest BCUT2D eigenvalue weighted by atomic mass is 9.96. The zero-order valence-corrected chi connectivity index (χ0v) is 28.8. The fourth-order valence-electron chi connectivity index (χ4n) is 7.74. The average molecular weight is 693 g/mol. The van der Waals surface area contributed by atoms with Gasteiger partial charge in [0.1, 0.15) is 22.3 Å². The first-order chi connectivity index (χ1) is 26.8. The molecule has 0 N–H and O–H groups in total. The van der Waals surface area contributed by atoms with Crippen molar-refractivity contribution in [2.24, 2.45) is 0 Å². The van der Waals surface area contributed by atoms with Gasteiger partial charge in [0, 0.05) is 55.4 Å². The van der Waals surface area contributed by atoms with Gasteiger partial charge < -0.3 is 8.83 Å². The Labute approximate surface area is 309 Å². The smallest absolute Gasteiger partial charge is 0.164 e. The molecule has 0 radical (unpaired) electrons. The molecule has 0 aliphatic rings. The van der Waals surface area contributed by atoms with Crippen LogP contribution in [0, 0.1) is 0 Å². The Kier molecular flexibility index (Phi) is 6.75. The Hall–Kier alpha value is -7.44. The molecule has 252 valence electrons. The maximum atomic E-state index is 6.71. The van der Waals surface area contributed by atoms with Gasteiger partial charge in [-0.25, -0.2) is 15.0 Å². The van der Waals surface area contributed by atoms with Crippen molar-refractivity contribution in [2.75, 3.05) is 0 Å². The highest BCUT2D eigenvalue weighted by Crippen LogP contribution is 2.42. The summed E-state index contributed by atoms with van der Waals surface area (Å²) in [7, 11) is 0. The highest BCUT2D eigenvalue weighted by molar-refractivity contribution is 6.15. The number of para-hydroxylation sites is 2. The first kappa shape index (κ1) is 30.2. The Morgan fingerprint density at radius 3 is 1.69 bits per heavy atom. The molecule has 0 atom stereocenters. The van der Waals surface area contributed by atoms with Crippen molar-refractivity contribution in [2.45, 2.75) is 0 Å². The minimum absolute atomic E-state index is 0.566. The summed E-state index contributed by atoms with van der Waals surface area (Å²) in [5.41, 5.74) is 11.2. The van der Waals surface area contributed by atoms with Gasteiger partial charge in [-0.15, -0.1) is 0 Å². The number of furan rings is 2. The summed E-state index contributed by atoms with van der Waals surface area (Å²) in [6.07, 6.45) is 1.83. The Balaban J connectivity index is 1.09. The molecule has 6 heteroatoms. The van der Waals surface area contributed by atoms with E-state index >= 15 is 0 Å². The number of rotatable bonds is 5. The van der Waals surface area contributed by atoms with Crippen LogP contribution in [0.3, 0.4) is 0 Å². The van der Waals surface area contributed by atoms with Gasteiger partial charge in [0.15, 0.2) is 17.5 Å². The van der Waals surface area contributed by atoms with Gasteiger partial charge in [-0.3, -0.25) is 4.98 Å². The molecule has 0 unspecified atom stereocenters. The molecule has 11 aromatic rings. The van der Waals surface area contributed by atoms with Crippen LogP contribution in [-0.4, -0.2) is 19.9 Å². The lowest BCUT2D eigenvalue weighted by Gasteiger charge is -2.10. The maximum absolute atomic E-state index is 6.71. The zero-order chi connectivity index (χ0) is 35.6. The van der Waals surface area contributed by atoms with Gasteiger partial charge in [0.05, 0.1) is 5.52 Å². The lowest BCUT2D eigenvalue weighted by molar-refractivity contribution is 0.669. The van der Waals surface area contributed by atoms with Crippen LogP contribution >= 0.6 is 0 Å². The van der Waals surface area contributed by atoms with Crippen molar-refractivity contribution < 1.29 is 8.83 Å². The number of aromatic nitrogens is 4. The molecule has 0 amide bonds. The Morgan fingerprint density at radius 1 is 0.333 bits per heavy atom. The fourth-order valence-corrected chi connectivity index (χ4v) is 7.74. The molecule has 0 saturated heterocycles. The van der Waals surface area contributed by atoms with Crippen LogP contribution in [0.25, 0.3) is 111 Å². The van der Waals surface area contributed by atoms with Crippen molar-refractivity contribution in [3.05, 3.63) is 170 Å². The number of hydrogen-bond acceptors (Lipinski definition) is 6. The summed E-state index contributed by atoms with van der Waals surface area (Å²) < 4.78 is 13.0. The summed E-state index contributed by atoms with van der Waals surface area (Å²) in [6.45, 7) is 0. The van der Waals surface area contributed by atoms with Crippen LogP contribution < -0.4 is 0 Å². The van der Waals surface area contributed by atoms with E-state index in [1.54, 1.807) is 0 Å². The number of benzene rings is 7. The van der Waals surface area contributed by atoms with Crippen molar-refractivity contribution in [3.63, 3.8) is 0 Å². The highest BCUT2D eigenvalue weighted by Gasteiger charge is 2.21. The maximum Gasteiger partial charge on any atom is 0.164 e. The van der Waals surface area contributed by atoms with Gasteiger partial charge >= 0.3 is 0 Å². The molecule has 6 nitrogen and oxygen atoms in total. The Bertz CT molecular complexity index is 3210. The molecule has 4 heterocycles. The van der Waals surface area contributed by atoms with E-state index in [0.29, 0.717) is 17.5 Å². The third kappa shape index (κ3) is 4.81. The van der Waals surface area contributed by atoms with Gasteiger partial charge in [-0.05, 0) is 47.0 Å². The lowest BCUT2D eigenvalue weighted by Crippen LogP contribution is -2.00. The topological polar surface area (TPSA) is 77.8 Å². The van der Waals surface area contributed by atoms with E-state index in [0.717, 1.165) is 93.7 Å². The van der Waals surface area contributed by atoms with E-state index in [9.17, 15) is 0 Å². The molecule has 0 aliphatic carbocycles. The first-order valence-corrected chi connectivity index (χ1v) is 17.9. The minimum atomic E-state index is 0.566. The monoisotopic (exact) mass is 692 g/mol. The molecule has 0 aliphatic heterocycles. The van der Waals surface area contributed by atoms with Gasteiger partial charge in [-0.2, -0.15) is 0 Å². The van der Waals surface area contributed by atoms with Gasteiger partial charge in [0.25, 0.3) is 0 Å². The van der Waals surface area contributed by atoms with Crippen LogP contribution in [0.4, 0.5) is 0 Å². The molecule has 0 saturated carbocycles. The average Bonchev–Trinajstić information content (AvgIpc) is 3.83. The number of nitrogens with zero attached hydrogens (tertiary/aromatic N) is 4. The highest BCUT2D eigenvalue weighted by atomic mass is 16.3. The number of fused-ring (bicyclic) bond motifs is 7. The second-order valence-corrected chi connectivity index (χ2v) is 13.4. The molecular formula is C48H28N4O2. The van der Waals surface area contributed by atoms with Crippen molar-refractivity contribution in [1.29, 1.82) is 0 Å². The molecule has 11 rings (SSSR count). The minimum Gasteiger partial charge on any atom is -0.456 e. The second kappa shape index (κ2) is 12.1. The Morgan fingerprint density at radius 2 is 0.889 bits per heavy atom. The van der Waals surface area contributed by atoms with Crippen LogP contribution in [0.2, 0.25) is 0 Å². The van der Waals surface area contributed by atoms with Crippen molar-refractivity contribution in [3.8, 4) is 56.4 Å². The van der Waals surface area contributed by atoms with Crippen LogP contribution in [0.5, 0.6) is 0 Å². The predicted octanol–water partition coefficient (Wildman–Crippen LogP) is 12.6. The SMILES string of the molecule is c1ccc(-c2nc(-c3cccc4oc5ccccc5c34)nc(-c3cccc4oc5c(-c6ccc(-c7cccc8ncccc78)cc6)cccc5c34)n2)cc1. The molecule has 4 aromatic heterocycles. The van der Waals surface area contributed by atoms with E-state index in [1.165, 1.54) is 0 Å². The van der Waals surface area contributed by atoms with Crippen LogP contribution in [-0.2, 0) is 0 Å². The second-order valence-electron chi connectivity index (χ2n) is 13.4. The summed E-state index contributed by atoms with van der Waals surface area (Å²) in [6, 6.07) is 55.6. The van der Waals surface area contributed by atoms with E-state index in [2.05, 4.69) is 83.8 Å². The molecule has 7 aromatic carbocycles. The molecular weight excluding hydrogens is 665 g/mol. The fraction of sp³-hybridized carbons (Fsp3) is 0. The molecule has 0 fully saturated rings. The largest absolute Gasteiger partial charge is 0.456 e. The summed E-state index contributed by atoms with van der Waals surface area (Å²) in [4.78, 5) is 19.9. The molecule has 0 spiro atoms. The predicted molar refractivity (Wildman–Crippen MR) is 217 cm³/mol. The van der Waals surface area contributed by atoms with Crippen LogP contribution in [0.1, 0.15) is 0 Å². The van der Waals surface area contributed by atoms with E-state index in [1.807, 2.05) is 91.1 Å². The molecule has 0 bridgehead atoms. The van der Waals surface area contributed by atoms with E-state index in [4.69, 9.17) is 23.8 Å². The standard InChI is InChI=1S/C48H28N4O2/c1-2-11-31(12-3-1)46-50-47(37-17-8-22-41-43(37)35-13-4-5-21-40(35)53-41)52-48(51-46)38-18-9-23-42-44(38)36-16-6-15-33(45(36)54-42)30-26-24-29(25-27-30)32-14-7-20-39-34(32)19-10-28-49-39/h1-28H. The van der Waals surface area contributed by atoms with Crippen molar-refractivity contribution in [1.82, 2.24) is 19.9 Å². The zero-order valence-electron chi connectivity index (χ0n) is 28.8. The number of pyridine rings is 1. The first-order valence-electron chi connectivity index (χ1n) is 17.9. The van der Waals surface area contributed by atoms with Crippen LogP contribution in [0.15, 0.2) is 179 Å². The number of hydrogen-bond donors (Lipinski definition) is 0. The quantitative estimate of drug-likeness (QED) is 0.179. The van der Waals surface area contributed by atoms with Gasteiger partial charge in [-0.1, -0.05) is 133 Å². The summed E-state index contributed by atoms with van der Waals surface area (Å²) in [5, 5.41) is 5.07. The van der Waals surface area contributed by atoms with E-state index < -0.39 is 0 Å². The normalized spacial score (nSPS) is 11.7. The summed E-state index contributed by atoms with van der Waals surface area (Å²) in [5.74, 6) is 1.73. The third-order valence-electron chi connectivity index (χ3n) is 10.2.